The van der Waals surface area contributed by atoms with Gasteiger partial charge in [0, 0.05) is 31.2 Å². The van der Waals surface area contributed by atoms with Gasteiger partial charge in [0.15, 0.2) is 11.5 Å². The second-order valence-electron chi connectivity index (χ2n) is 15.6. The first-order valence-corrected chi connectivity index (χ1v) is 23.7. The van der Waals surface area contributed by atoms with Gasteiger partial charge in [0.2, 0.25) is 0 Å². The molecule has 0 bridgehead atoms. The van der Waals surface area contributed by atoms with Crippen molar-refractivity contribution in [2.45, 2.75) is 77.3 Å². The number of aromatic nitrogens is 4. The maximum absolute atomic E-state index is 13.7. The number of ether oxygens (including phenoxy) is 9. The number of methoxy groups -OCH3 is 1. The summed E-state index contributed by atoms with van der Waals surface area (Å²) in [4.78, 5) is 47.5. The lowest BCUT2D eigenvalue weighted by Crippen LogP contribution is -2.42. The third-order valence-corrected chi connectivity index (χ3v) is 11.8. The fraction of sp³-hybridized carbons (Fsp3) is 0.733. The van der Waals surface area contributed by atoms with Crippen molar-refractivity contribution in [3.8, 4) is 10.7 Å². The Morgan fingerprint density at radius 3 is 1.55 bits per heavy atom. The maximum atomic E-state index is 13.7. The van der Waals surface area contributed by atoms with Gasteiger partial charge in [0.25, 0.3) is 5.56 Å². The Morgan fingerprint density at radius 1 is 0.672 bits per heavy atom. The summed E-state index contributed by atoms with van der Waals surface area (Å²) in [5.41, 5.74) is 0.267. The van der Waals surface area contributed by atoms with Crippen LogP contribution in [0, 0.1) is 11.8 Å². The molecule has 0 unspecified atom stereocenters. The molecule has 3 aromatic heterocycles. The first-order chi connectivity index (χ1) is 31.4. The molecule has 2 aliphatic rings. The van der Waals surface area contributed by atoms with Crippen molar-refractivity contribution < 1.29 is 57.6 Å². The molecular formula is C45H72N4O14S. The van der Waals surface area contributed by atoms with Gasteiger partial charge in [-0.05, 0) is 55.7 Å². The van der Waals surface area contributed by atoms with Gasteiger partial charge >= 0.3 is 11.7 Å². The molecule has 0 amide bonds. The highest BCUT2D eigenvalue weighted by Gasteiger charge is 2.24. The van der Waals surface area contributed by atoms with E-state index in [4.69, 9.17) is 57.8 Å². The van der Waals surface area contributed by atoms with Gasteiger partial charge in [0.05, 0.1) is 124 Å². The van der Waals surface area contributed by atoms with Gasteiger partial charge in [-0.15, -0.1) is 11.3 Å². The summed E-state index contributed by atoms with van der Waals surface area (Å²) in [5, 5.41) is 17.4. The SMILES string of the molecule is COCCOCCOCCOCCOCCOCCOCCOCCOCCO.O=C(O)/C=C/c1ccc(-c2nc3c([nH]2)c(=O)n(CC2CCCCC2)c(=O)n3CC2CCCCC2)s1. The minimum absolute atomic E-state index is 0.0322. The lowest BCUT2D eigenvalue weighted by Gasteiger charge is -2.24. The first-order valence-electron chi connectivity index (χ1n) is 22.9. The number of aromatic amines is 1. The van der Waals surface area contributed by atoms with Crippen LogP contribution < -0.4 is 11.2 Å². The second kappa shape index (κ2) is 33.2. The molecule has 0 aliphatic heterocycles. The summed E-state index contributed by atoms with van der Waals surface area (Å²) < 4.78 is 50.6. The molecule has 0 saturated heterocycles. The van der Waals surface area contributed by atoms with Crippen LogP contribution in [0.3, 0.4) is 0 Å². The van der Waals surface area contributed by atoms with E-state index in [1.54, 1.807) is 11.7 Å². The highest BCUT2D eigenvalue weighted by molar-refractivity contribution is 7.16. The lowest BCUT2D eigenvalue weighted by molar-refractivity contribution is -0.131. The Hall–Kier alpha value is -3.34. The average molecular weight is 925 g/mol. The topological polar surface area (TPSA) is 213 Å². The predicted molar refractivity (Wildman–Crippen MR) is 243 cm³/mol. The summed E-state index contributed by atoms with van der Waals surface area (Å²) in [6.45, 7) is 9.95. The van der Waals surface area contributed by atoms with Crippen LogP contribution in [0.2, 0.25) is 0 Å². The lowest BCUT2D eigenvalue weighted by atomic mass is 9.89. The molecule has 5 rings (SSSR count). The van der Waals surface area contributed by atoms with Crippen molar-refractivity contribution >= 4 is 34.5 Å². The van der Waals surface area contributed by atoms with Crippen molar-refractivity contribution in [3.63, 3.8) is 0 Å². The quantitative estimate of drug-likeness (QED) is 0.0561. The fourth-order valence-corrected chi connectivity index (χ4v) is 8.29. The van der Waals surface area contributed by atoms with Crippen molar-refractivity contribution in [2.75, 3.05) is 126 Å². The van der Waals surface area contributed by atoms with Crippen LogP contribution in [0.4, 0.5) is 0 Å². The second-order valence-corrected chi connectivity index (χ2v) is 16.7. The summed E-state index contributed by atoms with van der Waals surface area (Å²) >= 11 is 1.39. The third kappa shape index (κ3) is 20.9. The van der Waals surface area contributed by atoms with Gasteiger partial charge in [-0.2, -0.15) is 0 Å². The van der Waals surface area contributed by atoms with Crippen LogP contribution in [0.1, 0.15) is 69.1 Å². The molecule has 362 valence electrons. The van der Waals surface area contributed by atoms with E-state index in [0.717, 1.165) is 54.4 Å². The first kappa shape index (κ1) is 53.3. The van der Waals surface area contributed by atoms with Crippen LogP contribution in [0.5, 0.6) is 0 Å². The molecule has 2 aliphatic carbocycles. The number of carboxylic acid groups (broad SMARTS) is 1. The zero-order chi connectivity index (χ0) is 45.5. The van der Waals surface area contributed by atoms with Gasteiger partial charge in [0.1, 0.15) is 5.52 Å². The van der Waals surface area contributed by atoms with E-state index < -0.39 is 5.97 Å². The highest BCUT2D eigenvalue weighted by atomic mass is 32.1. The number of nitrogens with zero attached hydrogens (tertiary/aromatic N) is 3. The summed E-state index contributed by atoms with van der Waals surface area (Å²) in [5.74, 6) is 0.302. The number of rotatable bonds is 33. The fourth-order valence-electron chi connectivity index (χ4n) is 7.44. The molecule has 0 atom stereocenters. The highest BCUT2D eigenvalue weighted by Crippen LogP contribution is 2.30. The number of nitrogens with one attached hydrogen (secondary N) is 1. The number of carboxylic acids is 1. The van der Waals surface area contributed by atoms with E-state index in [2.05, 4.69) is 4.98 Å². The zero-order valence-electron chi connectivity index (χ0n) is 37.7. The minimum atomic E-state index is -1.01. The normalized spacial score (nSPS) is 15.0. The molecule has 0 aromatic carbocycles. The van der Waals surface area contributed by atoms with Crippen molar-refractivity contribution in [3.05, 3.63) is 43.9 Å². The molecule has 0 spiro atoms. The van der Waals surface area contributed by atoms with Crippen molar-refractivity contribution in [1.29, 1.82) is 0 Å². The number of aliphatic carboxylic acids is 1. The van der Waals surface area contributed by atoms with E-state index in [0.29, 0.717) is 154 Å². The van der Waals surface area contributed by atoms with Crippen LogP contribution in [-0.4, -0.2) is 161 Å². The minimum Gasteiger partial charge on any atom is -0.478 e. The van der Waals surface area contributed by atoms with E-state index >= 15 is 0 Å². The molecule has 19 heteroatoms. The third-order valence-electron chi connectivity index (χ3n) is 10.7. The molecule has 3 heterocycles. The average Bonchev–Trinajstić information content (AvgIpc) is 3.98. The van der Waals surface area contributed by atoms with Gasteiger partial charge in [-0.25, -0.2) is 14.6 Å². The molecule has 2 saturated carbocycles. The van der Waals surface area contributed by atoms with Crippen LogP contribution in [0.15, 0.2) is 27.8 Å². The number of fused-ring (bicyclic) bond motifs is 1. The molecule has 2 fully saturated rings. The Morgan fingerprint density at radius 2 is 1.11 bits per heavy atom. The van der Waals surface area contributed by atoms with E-state index in [9.17, 15) is 14.4 Å². The monoisotopic (exact) mass is 924 g/mol. The summed E-state index contributed by atoms with van der Waals surface area (Å²) in [7, 11) is 1.64. The number of hydrogen-bond donors (Lipinski definition) is 3. The molecular weight excluding hydrogens is 853 g/mol. The molecule has 18 nitrogen and oxygen atoms in total. The van der Waals surface area contributed by atoms with Crippen LogP contribution in [-0.2, 0) is 60.5 Å². The van der Waals surface area contributed by atoms with Gasteiger partial charge < -0.3 is 57.8 Å². The Labute approximate surface area is 380 Å². The van der Waals surface area contributed by atoms with Crippen LogP contribution >= 0.6 is 11.3 Å². The number of imidazole rings is 1. The Bertz CT molecular complexity index is 1810. The summed E-state index contributed by atoms with van der Waals surface area (Å²) in [6.07, 6.45) is 14.1. The molecule has 3 N–H and O–H groups in total. The van der Waals surface area contributed by atoms with Crippen molar-refractivity contribution in [2.24, 2.45) is 11.8 Å². The van der Waals surface area contributed by atoms with Crippen LogP contribution in [0.25, 0.3) is 27.9 Å². The zero-order valence-corrected chi connectivity index (χ0v) is 38.5. The maximum Gasteiger partial charge on any atom is 0.332 e. The number of hydrogen-bond acceptors (Lipinski definition) is 15. The number of H-pyrrole nitrogens is 1. The number of aliphatic hydroxyl groups excluding tert-OH is 1. The molecule has 3 aromatic rings. The number of thiophene rings is 1. The van der Waals surface area contributed by atoms with E-state index in [1.165, 1.54) is 47.7 Å². The molecule has 64 heavy (non-hydrogen) atoms. The Kier molecular flexibility index (Phi) is 27.6. The number of carbonyl (C=O) groups is 1. The van der Waals surface area contributed by atoms with Gasteiger partial charge in [-0.1, -0.05) is 38.5 Å². The summed E-state index contributed by atoms with van der Waals surface area (Å²) in [6, 6.07) is 3.68. The predicted octanol–water partition coefficient (Wildman–Crippen LogP) is 4.63. The number of aliphatic hydroxyl groups is 1. The standard InChI is InChI=1S/C26H32N4O4S.C19H40O10/c31-21(32)14-12-19-11-13-20(35-19)23-27-22-24(28-23)29(15-17-7-3-1-4-8-17)26(34)30(25(22)33)16-18-9-5-2-6-10-18;1-21-4-5-23-8-9-25-12-13-27-16-17-29-19-18-28-15-14-26-11-10-24-7-6-22-3-2-20/h11-14,17-18H,1-10,15-16H2,(H,27,28)(H,31,32);20H,2-19H2,1H3/b14-12+;. The largest absolute Gasteiger partial charge is 0.478 e. The van der Waals surface area contributed by atoms with Gasteiger partial charge in [-0.3, -0.25) is 13.9 Å². The van der Waals surface area contributed by atoms with E-state index in [1.807, 2.05) is 12.1 Å². The van der Waals surface area contributed by atoms with E-state index in [-0.39, 0.29) is 17.9 Å². The van der Waals surface area contributed by atoms with Crippen molar-refractivity contribution in [1.82, 2.24) is 19.1 Å². The Balaban J connectivity index is 0.000000287. The smallest absolute Gasteiger partial charge is 0.332 e. The molecule has 0 radical (unpaired) electrons.